The maximum Gasteiger partial charge on any atom is 0.181 e. The third-order valence-electron chi connectivity index (χ3n) is 3.99. The number of allylic oxidation sites excluding steroid dienone is 7. The van der Waals surface area contributed by atoms with Gasteiger partial charge >= 0.3 is 0 Å². The van der Waals surface area contributed by atoms with Crippen molar-refractivity contribution in [2.75, 3.05) is 0 Å². The summed E-state index contributed by atoms with van der Waals surface area (Å²) >= 11 is 0. The maximum absolute atomic E-state index is 5.24. The molecule has 0 saturated carbocycles. The fourth-order valence-corrected chi connectivity index (χ4v) is 2.50. The van der Waals surface area contributed by atoms with Crippen molar-refractivity contribution in [3.8, 4) is 0 Å². The van der Waals surface area contributed by atoms with Crippen molar-refractivity contribution in [3.05, 3.63) is 58.9 Å². The first-order valence-corrected chi connectivity index (χ1v) is 8.97. The Balaban J connectivity index is 2.25. The summed E-state index contributed by atoms with van der Waals surface area (Å²) in [6.07, 6.45) is 19.2. The highest BCUT2D eigenvalue weighted by molar-refractivity contribution is 5.45. The lowest BCUT2D eigenvalue weighted by Gasteiger charge is -2.02. The average Bonchev–Trinajstić information content (AvgIpc) is 2.99. The Morgan fingerprint density at radius 2 is 1.38 bits per heavy atom. The minimum atomic E-state index is 0.835. The van der Waals surface area contributed by atoms with Crippen LogP contribution in [0, 0.1) is 0 Å². The van der Waals surface area contributed by atoms with Crippen LogP contribution in [0.5, 0.6) is 0 Å². The Kier molecular flexibility index (Phi) is 9.83. The molecule has 0 aliphatic rings. The molecular formula is C22H33NO. The van der Waals surface area contributed by atoms with Crippen LogP contribution in [0.25, 0.3) is 6.08 Å². The van der Waals surface area contributed by atoms with Crippen molar-refractivity contribution in [2.24, 2.45) is 0 Å². The molecule has 24 heavy (non-hydrogen) atoms. The van der Waals surface area contributed by atoms with Gasteiger partial charge in [0.25, 0.3) is 0 Å². The molecule has 2 nitrogen and oxygen atoms in total. The van der Waals surface area contributed by atoms with Crippen LogP contribution in [0.1, 0.15) is 78.9 Å². The zero-order chi connectivity index (χ0) is 17.8. The summed E-state index contributed by atoms with van der Waals surface area (Å²) < 4.78 is 5.24. The van der Waals surface area contributed by atoms with Crippen molar-refractivity contribution >= 4 is 6.08 Å². The van der Waals surface area contributed by atoms with E-state index in [1.54, 1.807) is 6.20 Å². The van der Waals surface area contributed by atoms with Crippen LogP contribution in [-0.2, 0) is 0 Å². The SMILES string of the molecule is CC(C)=CCCC(C)=CCCC(C)=CCCC(C)=Cc1cnco1. The van der Waals surface area contributed by atoms with Crippen LogP contribution in [0.2, 0.25) is 0 Å². The lowest BCUT2D eigenvalue weighted by molar-refractivity contribution is 0.547. The van der Waals surface area contributed by atoms with Gasteiger partial charge in [0, 0.05) is 0 Å². The first-order valence-electron chi connectivity index (χ1n) is 8.97. The van der Waals surface area contributed by atoms with E-state index in [9.17, 15) is 0 Å². The highest BCUT2D eigenvalue weighted by atomic mass is 16.3. The molecule has 0 unspecified atom stereocenters. The van der Waals surface area contributed by atoms with Crippen LogP contribution in [0.4, 0.5) is 0 Å². The third-order valence-corrected chi connectivity index (χ3v) is 3.99. The van der Waals surface area contributed by atoms with Crippen molar-refractivity contribution in [2.45, 2.75) is 73.1 Å². The number of rotatable bonds is 10. The van der Waals surface area contributed by atoms with Gasteiger partial charge in [-0.05, 0) is 79.2 Å². The summed E-state index contributed by atoms with van der Waals surface area (Å²) in [7, 11) is 0. The lowest BCUT2D eigenvalue weighted by Crippen LogP contribution is -1.82. The van der Waals surface area contributed by atoms with Crippen molar-refractivity contribution < 1.29 is 4.42 Å². The molecule has 0 aliphatic carbocycles. The van der Waals surface area contributed by atoms with Gasteiger partial charge in [-0.15, -0.1) is 0 Å². The molecule has 0 atom stereocenters. The summed E-state index contributed by atoms with van der Waals surface area (Å²) in [5, 5.41) is 0. The van der Waals surface area contributed by atoms with E-state index in [2.05, 4.69) is 63.9 Å². The molecule has 1 heterocycles. The molecule has 0 spiro atoms. The molecule has 2 heteroatoms. The Bertz CT molecular complexity index is 581. The van der Waals surface area contributed by atoms with Gasteiger partial charge in [-0.25, -0.2) is 4.98 Å². The molecular weight excluding hydrogens is 294 g/mol. The van der Waals surface area contributed by atoms with Gasteiger partial charge in [0.1, 0.15) is 5.76 Å². The van der Waals surface area contributed by atoms with Gasteiger partial charge in [0.2, 0.25) is 0 Å². The molecule has 0 radical (unpaired) electrons. The molecule has 0 bridgehead atoms. The first kappa shape index (κ1) is 20.2. The summed E-state index contributed by atoms with van der Waals surface area (Å²) in [6.45, 7) is 11.0. The van der Waals surface area contributed by atoms with Gasteiger partial charge in [0.05, 0.1) is 6.20 Å². The van der Waals surface area contributed by atoms with Gasteiger partial charge in [-0.1, -0.05) is 40.5 Å². The second-order valence-corrected chi connectivity index (χ2v) is 6.89. The number of hydrogen-bond donors (Lipinski definition) is 0. The Hall–Kier alpha value is -1.83. The molecule has 1 aromatic heterocycles. The van der Waals surface area contributed by atoms with E-state index in [1.807, 2.05) is 0 Å². The van der Waals surface area contributed by atoms with E-state index < -0.39 is 0 Å². The topological polar surface area (TPSA) is 26.0 Å². The largest absolute Gasteiger partial charge is 0.444 e. The fraction of sp³-hybridized carbons (Fsp3) is 0.500. The summed E-state index contributed by atoms with van der Waals surface area (Å²) in [4.78, 5) is 3.93. The maximum atomic E-state index is 5.24. The third kappa shape index (κ3) is 10.0. The van der Waals surface area contributed by atoms with Crippen molar-refractivity contribution in [1.29, 1.82) is 0 Å². The first-order chi connectivity index (χ1) is 11.5. The van der Waals surface area contributed by atoms with Gasteiger partial charge in [-0.2, -0.15) is 0 Å². The molecule has 0 aromatic carbocycles. The second-order valence-electron chi connectivity index (χ2n) is 6.89. The normalized spacial score (nSPS) is 13.3. The molecule has 0 amide bonds. The van der Waals surface area contributed by atoms with Crippen LogP contribution < -0.4 is 0 Å². The van der Waals surface area contributed by atoms with Gasteiger partial charge in [0.15, 0.2) is 6.39 Å². The molecule has 0 N–H and O–H groups in total. The molecule has 1 rings (SSSR count). The van der Waals surface area contributed by atoms with Crippen LogP contribution in [-0.4, -0.2) is 4.98 Å². The number of hydrogen-bond acceptors (Lipinski definition) is 2. The molecule has 0 fully saturated rings. The number of oxazole rings is 1. The minimum absolute atomic E-state index is 0.835. The van der Waals surface area contributed by atoms with E-state index in [0.717, 1.165) is 37.9 Å². The predicted octanol–water partition coefficient (Wildman–Crippen LogP) is 7.28. The Morgan fingerprint density at radius 1 is 0.833 bits per heavy atom. The molecule has 0 saturated heterocycles. The van der Waals surface area contributed by atoms with Crippen LogP contribution in [0.3, 0.4) is 0 Å². The summed E-state index contributed by atoms with van der Waals surface area (Å²) in [5.74, 6) is 0.835. The second kappa shape index (κ2) is 11.7. The zero-order valence-corrected chi connectivity index (χ0v) is 16.1. The average molecular weight is 328 g/mol. The van der Waals surface area contributed by atoms with Gasteiger partial charge < -0.3 is 4.42 Å². The zero-order valence-electron chi connectivity index (χ0n) is 16.1. The predicted molar refractivity (Wildman–Crippen MR) is 105 cm³/mol. The molecule has 1 aromatic rings. The summed E-state index contributed by atoms with van der Waals surface area (Å²) in [6, 6.07) is 0. The number of aromatic nitrogens is 1. The van der Waals surface area contributed by atoms with E-state index in [1.165, 1.54) is 35.1 Å². The smallest absolute Gasteiger partial charge is 0.181 e. The highest BCUT2D eigenvalue weighted by Crippen LogP contribution is 2.15. The van der Waals surface area contributed by atoms with Crippen LogP contribution in [0.15, 0.2) is 57.5 Å². The van der Waals surface area contributed by atoms with E-state index >= 15 is 0 Å². The standard InChI is InChI=1S/C22H33NO/c1-18(2)9-6-10-19(3)11-7-12-20(4)13-8-14-21(5)15-22-16-23-17-24-22/h9,11,13,15-17H,6-8,10,12,14H2,1-5H3. The monoisotopic (exact) mass is 327 g/mol. The van der Waals surface area contributed by atoms with Crippen LogP contribution >= 0.6 is 0 Å². The quantitative estimate of drug-likeness (QED) is 0.422. The highest BCUT2D eigenvalue weighted by Gasteiger charge is 1.95. The fourth-order valence-electron chi connectivity index (χ4n) is 2.50. The Labute approximate surface area is 148 Å². The molecule has 0 aliphatic heterocycles. The van der Waals surface area contributed by atoms with Gasteiger partial charge in [-0.3, -0.25) is 0 Å². The Morgan fingerprint density at radius 3 is 1.88 bits per heavy atom. The number of nitrogens with zero attached hydrogens (tertiary/aromatic N) is 1. The van der Waals surface area contributed by atoms with Crippen molar-refractivity contribution in [1.82, 2.24) is 4.98 Å². The van der Waals surface area contributed by atoms with E-state index in [-0.39, 0.29) is 0 Å². The molecule has 132 valence electrons. The minimum Gasteiger partial charge on any atom is -0.444 e. The van der Waals surface area contributed by atoms with E-state index in [0.29, 0.717) is 0 Å². The van der Waals surface area contributed by atoms with E-state index in [4.69, 9.17) is 4.42 Å². The lowest BCUT2D eigenvalue weighted by atomic mass is 10.0. The summed E-state index contributed by atoms with van der Waals surface area (Å²) in [5.41, 5.74) is 5.72. The van der Waals surface area contributed by atoms with Crippen molar-refractivity contribution in [3.63, 3.8) is 0 Å².